The molecule has 0 spiro atoms. The van der Waals surface area contributed by atoms with Gasteiger partial charge in [0.15, 0.2) is 0 Å². The molecule has 0 bridgehead atoms. The number of hydrogen-bond acceptors (Lipinski definition) is 2. The Hall–Kier alpha value is -0.550. The van der Waals surface area contributed by atoms with Crippen LogP contribution < -0.4 is 0 Å². The van der Waals surface area contributed by atoms with E-state index in [2.05, 4.69) is 13.0 Å². The molecule has 2 nitrogen and oxygen atoms in total. The van der Waals surface area contributed by atoms with Crippen LogP contribution in [0.2, 0.25) is 0 Å². The lowest BCUT2D eigenvalue weighted by Gasteiger charge is -2.25. The van der Waals surface area contributed by atoms with E-state index in [0.717, 1.165) is 12.8 Å². The van der Waals surface area contributed by atoms with Gasteiger partial charge in [-0.25, -0.2) is 0 Å². The fourth-order valence-electron chi connectivity index (χ4n) is 1.35. The minimum Gasteiger partial charge on any atom is -0.374 e. The molecule has 0 radical (unpaired) electrons. The Kier molecular flexibility index (Phi) is 2.70. The van der Waals surface area contributed by atoms with Crippen LogP contribution in [0.4, 0.5) is 0 Å². The number of nitriles is 1. The molecular weight excluding hydrogens is 126 g/mol. The summed E-state index contributed by atoms with van der Waals surface area (Å²) in [6.45, 7) is 2.07. The van der Waals surface area contributed by atoms with Gasteiger partial charge in [0.25, 0.3) is 0 Å². The van der Waals surface area contributed by atoms with E-state index in [1.807, 2.05) is 0 Å². The van der Waals surface area contributed by atoms with Crippen molar-refractivity contribution in [1.82, 2.24) is 0 Å². The molecule has 0 amide bonds. The average Bonchev–Trinajstić information content (AvgIpc) is 1.88. The Labute approximate surface area is 61.8 Å². The molecule has 1 heterocycles. The summed E-state index contributed by atoms with van der Waals surface area (Å²) in [7, 11) is 0. The predicted molar refractivity (Wildman–Crippen MR) is 38.4 cm³/mol. The van der Waals surface area contributed by atoms with Gasteiger partial charge in [-0.05, 0) is 26.2 Å². The second-order valence-electron chi connectivity index (χ2n) is 2.86. The standard InChI is InChI=1S/C8H13NO/c1-7-3-2-4-8(10-7)5-6-9/h7-8H,2-5H2,1H3/t7-,8-/m0/s1. The van der Waals surface area contributed by atoms with Gasteiger partial charge in [-0.1, -0.05) is 0 Å². The van der Waals surface area contributed by atoms with E-state index in [4.69, 9.17) is 10.00 Å². The first-order valence-electron chi connectivity index (χ1n) is 3.85. The molecule has 1 saturated heterocycles. The van der Waals surface area contributed by atoms with Crippen LogP contribution >= 0.6 is 0 Å². The molecule has 2 heteroatoms. The molecule has 1 fully saturated rings. The third-order valence-electron chi connectivity index (χ3n) is 1.88. The number of hydrogen-bond donors (Lipinski definition) is 0. The fraction of sp³-hybridized carbons (Fsp3) is 0.875. The zero-order valence-electron chi connectivity index (χ0n) is 6.34. The highest BCUT2D eigenvalue weighted by molar-refractivity contribution is 4.79. The Balaban J connectivity index is 2.27. The van der Waals surface area contributed by atoms with Gasteiger partial charge in [-0.15, -0.1) is 0 Å². The van der Waals surface area contributed by atoms with Crippen molar-refractivity contribution in [3.8, 4) is 6.07 Å². The second-order valence-corrected chi connectivity index (χ2v) is 2.86. The van der Waals surface area contributed by atoms with Crippen LogP contribution in [0.1, 0.15) is 32.6 Å². The summed E-state index contributed by atoms with van der Waals surface area (Å²) < 4.78 is 5.50. The van der Waals surface area contributed by atoms with Gasteiger partial charge in [0.2, 0.25) is 0 Å². The third-order valence-corrected chi connectivity index (χ3v) is 1.88. The fourth-order valence-corrected chi connectivity index (χ4v) is 1.35. The van der Waals surface area contributed by atoms with Crippen LogP contribution in [-0.4, -0.2) is 12.2 Å². The summed E-state index contributed by atoms with van der Waals surface area (Å²) in [6, 6.07) is 2.13. The molecule has 0 saturated carbocycles. The van der Waals surface area contributed by atoms with E-state index in [0.29, 0.717) is 12.5 Å². The first-order chi connectivity index (χ1) is 4.83. The van der Waals surface area contributed by atoms with Crippen LogP contribution in [0.3, 0.4) is 0 Å². The van der Waals surface area contributed by atoms with Gasteiger partial charge >= 0.3 is 0 Å². The summed E-state index contributed by atoms with van der Waals surface area (Å²) in [4.78, 5) is 0. The molecule has 1 aliphatic rings. The van der Waals surface area contributed by atoms with Crippen molar-refractivity contribution >= 4 is 0 Å². The van der Waals surface area contributed by atoms with Crippen LogP contribution in [0.25, 0.3) is 0 Å². The predicted octanol–water partition coefficient (Wildman–Crippen LogP) is 1.86. The first-order valence-corrected chi connectivity index (χ1v) is 3.85. The molecule has 0 unspecified atom stereocenters. The molecule has 1 aliphatic heterocycles. The van der Waals surface area contributed by atoms with Crippen LogP contribution in [0.15, 0.2) is 0 Å². The number of rotatable bonds is 1. The quantitative estimate of drug-likeness (QED) is 0.555. The molecule has 0 aromatic carbocycles. The van der Waals surface area contributed by atoms with E-state index < -0.39 is 0 Å². The van der Waals surface area contributed by atoms with Gasteiger partial charge < -0.3 is 4.74 Å². The van der Waals surface area contributed by atoms with Crippen molar-refractivity contribution in [2.45, 2.75) is 44.8 Å². The van der Waals surface area contributed by atoms with Crippen molar-refractivity contribution in [2.24, 2.45) is 0 Å². The Morgan fingerprint density at radius 1 is 1.60 bits per heavy atom. The van der Waals surface area contributed by atoms with Gasteiger partial charge in [0.1, 0.15) is 0 Å². The number of ether oxygens (including phenoxy) is 1. The summed E-state index contributed by atoms with van der Waals surface area (Å²) in [6.07, 6.45) is 4.58. The maximum absolute atomic E-state index is 8.37. The zero-order valence-corrected chi connectivity index (χ0v) is 6.34. The minimum atomic E-state index is 0.216. The largest absolute Gasteiger partial charge is 0.374 e. The topological polar surface area (TPSA) is 33.0 Å². The lowest BCUT2D eigenvalue weighted by atomic mass is 10.0. The lowest BCUT2D eigenvalue weighted by molar-refractivity contribution is -0.0366. The van der Waals surface area contributed by atoms with Crippen molar-refractivity contribution in [2.75, 3.05) is 0 Å². The molecule has 1 rings (SSSR count). The van der Waals surface area contributed by atoms with Gasteiger partial charge in [0, 0.05) is 0 Å². The van der Waals surface area contributed by atoms with E-state index in [1.54, 1.807) is 0 Å². The van der Waals surface area contributed by atoms with Gasteiger partial charge in [-0.2, -0.15) is 5.26 Å². The zero-order chi connectivity index (χ0) is 7.40. The maximum Gasteiger partial charge on any atom is 0.0708 e. The van der Waals surface area contributed by atoms with Crippen LogP contribution in [0, 0.1) is 11.3 Å². The van der Waals surface area contributed by atoms with E-state index in [-0.39, 0.29) is 6.10 Å². The third kappa shape index (κ3) is 2.00. The molecular formula is C8H13NO. The lowest BCUT2D eigenvalue weighted by Crippen LogP contribution is -2.24. The highest BCUT2D eigenvalue weighted by Crippen LogP contribution is 2.19. The van der Waals surface area contributed by atoms with Crippen molar-refractivity contribution in [3.63, 3.8) is 0 Å². The molecule has 0 N–H and O–H groups in total. The van der Waals surface area contributed by atoms with Crippen molar-refractivity contribution in [1.29, 1.82) is 5.26 Å². The highest BCUT2D eigenvalue weighted by Gasteiger charge is 2.17. The van der Waals surface area contributed by atoms with Crippen LogP contribution in [0.5, 0.6) is 0 Å². The molecule has 0 aromatic rings. The smallest absolute Gasteiger partial charge is 0.0708 e. The van der Waals surface area contributed by atoms with Crippen molar-refractivity contribution in [3.05, 3.63) is 0 Å². The molecule has 0 aliphatic carbocycles. The molecule has 0 aromatic heterocycles. The summed E-state index contributed by atoms with van der Waals surface area (Å²) in [5.74, 6) is 0. The summed E-state index contributed by atoms with van der Waals surface area (Å²) >= 11 is 0. The summed E-state index contributed by atoms with van der Waals surface area (Å²) in [5, 5.41) is 8.37. The van der Waals surface area contributed by atoms with Crippen LogP contribution in [-0.2, 0) is 4.74 Å². The SMILES string of the molecule is C[C@H]1CCC[C@@H](CC#N)O1. The normalized spacial score (nSPS) is 33.2. The monoisotopic (exact) mass is 139 g/mol. The van der Waals surface area contributed by atoms with Gasteiger partial charge in [0.05, 0.1) is 24.7 Å². The molecule has 2 atom stereocenters. The maximum atomic E-state index is 8.37. The molecule has 10 heavy (non-hydrogen) atoms. The Morgan fingerprint density at radius 2 is 2.40 bits per heavy atom. The Bertz CT molecular complexity index is 139. The number of nitrogens with zero attached hydrogens (tertiary/aromatic N) is 1. The van der Waals surface area contributed by atoms with E-state index >= 15 is 0 Å². The van der Waals surface area contributed by atoms with Crippen molar-refractivity contribution < 1.29 is 4.74 Å². The average molecular weight is 139 g/mol. The highest BCUT2D eigenvalue weighted by atomic mass is 16.5. The minimum absolute atomic E-state index is 0.216. The first kappa shape index (κ1) is 7.56. The molecule has 56 valence electrons. The van der Waals surface area contributed by atoms with E-state index in [9.17, 15) is 0 Å². The Morgan fingerprint density at radius 3 is 3.00 bits per heavy atom. The second kappa shape index (κ2) is 3.58. The van der Waals surface area contributed by atoms with E-state index in [1.165, 1.54) is 6.42 Å². The van der Waals surface area contributed by atoms with Gasteiger partial charge in [-0.3, -0.25) is 0 Å². The summed E-state index contributed by atoms with van der Waals surface area (Å²) in [5.41, 5.74) is 0.